The number of rotatable bonds is 4. The van der Waals surface area contributed by atoms with Gasteiger partial charge in [0.05, 0.1) is 6.42 Å². The summed E-state index contributed by atoms with van der Waals surface area (Å²) in [5, 5.41) is 3.46. The number of nitrogens with zero attached hydrogens (tertiary/aromatic N) is 3. The quantitative estimate of drug-likeness (QED) is 0.891. The van der Waals surface area contributed by atoms with Crippen LogP contribution < -0.4 is 5.32 Å². The van der Waals surface area contributed by atoms with Crippen molar-refractivity contribution in [1.82, 2.24) is 20.1 Å². The van der Waals surface area contributed by atoms with Gasteiger partial charge in [0.15, 0.2) is 0 Å². The van der Waals surface area contributed by atoms with Crippen LogP contribution in [-0.4, -0.2) is 66.0 Å². The topological polar surface area (TPSA) is 48.5 Å². The SMILES string of the molecule is O=C(Cc1ccncc1)N[C@H]1C2CN3CCN(C2)CC1(c1ccccc1)C3. The van der Waals surface area contributed by atoms with Crippen LogP contribution in [0.5, 0.6) is 0 Å². The number of aromatic nitrogens is 1. The number of carbonyl (C=O) groups excluding carboxylic acids is 1. The second-order valence-electron chi connectivity index (χ2n) is 8.33. The summed E-state index contributed by atoms with van der Waals surface area (Å²) in [5.41, 5.74) is 2.36. The third-order valence-electron chi connectivity index (χ3n) is 6.58. The van der Waals surface area contributed by atoms with E-state index in [2.05, 4.69) is 50.4 Å². The van der Waals surface area contributed by atoms with Gasteiger partial charge in [-0.25, -0.2) is 0 Å². The van der Waals surface area contributed by atoms with Crippen LogP contribution in [0.2, 0.25) is 0 Å². The Labute approximate surface area is 160 Å². The van der Waals surface area contributed by atoms with Gasteiger partial charge in [0.25, 0.3) is 0 Å². The van der Waals surface area contributed by atoms with Crippen molar-refractivity contribution >= 4 is 5.91 Å². The molecule has 1 amide bonds. The first kappa shape index (κ1) is 16.9. The number of piperidine rings is 2. The molecule has 0 saturated carbocycles. The molecule has 3 atom stereocenters. The Morgan fingerprint density at radius 1 is 1.04 bits per heavy atom. The van der Waals surface area contributed by atoms with Crippen molar-refractivity contribution in [3.63, 3.8) is 0 Å². The van der Waals surface area contributed by atoms with Crippen LogP contribution in [0.4, 0.5) is 0 Å². The summed E-state index contributed by atoms with van der Waals surface area (Å²) in [6.45, 7) is 6.52. The molecule has 27 heavy (non-hydrogen) atoms. The molecule has 2 aromatic rings. The van der Waals surface area contributed by atoms with E-state index < -0.39 is 0 Å². The molecule has 5 nitrogen and oxygen atoms in total. The highest BCUT2D eigenvalue weighted by Gasteiger charge is 2.55. The molecule has 1 aromatic heterocycles. The standard InChI is InChI=1S/C22H26N4O/c27-20(12-17-6-8-23-9-7-17)24-21-18-13-25-10-11-26(14-18)16-22(21,15-25)19-4-2-1-3-5-19/h1-9,18,21H,10-16H2,(H,24,27)/t18?,21-,22?/m0/s1. The van der Waals surface area contributed by atoms with Gasteiger partial charge in [-0.3, -0.25) is 9.78 Å². The van der Waals surface area contributed by atoms with Crippen molar-refractivity contribution in [3.05, 3.63) is 66.0 Å². The van der Waals surface area contributed by atoms with Crippen LogP contribution in [0.3, 0.4) is 0 Å². The van der Waals surface area contributed by atoms with Gasteiger partial charge in [0.2, 0.25) is 5.91 Å². The maximum Gasteiger partial charge on any atom is 0.224 e. The Bertz CT molecular complexity index is 794. The molecule has 4 bridgehead atoms. The summed E-state index contributed by atoms with van der Waals surface area (Å²) in [5.74, 6) is 0.606. The number of benzene rings is 1. The van der Waals surface area contributed by atoms with Gasteiger partial charge in [0, 0.05) is 69.0 Å². The summed E-state index contributed by atoms with van der Waals surface area (Å²) in [6.07, 6.45) is 3.92. The first-order valence-electron chi connectivity index (χ1n) is 9.91. The minimum absolute atomic E-state index is 0.0210. The number of amides is 1. The van der Waals surface area contributed by atoms with Gasteiger partial charge in [-0.2, -0.15) is 0 Å². The van der Waals surface area contributed by atoms with Crippen molar-refractivity contribution < 1.29 is 4.79 Å². The minimum Gasteiger partial charge on any atom is -0.352 e. The van der Waals surface area contributed by atoms with Gasteiger partial charge in [0.1, 0.15) is 0 Å². The Hall–Kier alpha value is -2.24. The fraction of sp³-hybridized carbons (Fsp3) is 0.455. The molecular formula is C22H26N4O. The van der Waals surface area contributed by atoms with E-state index in [0.29, 0.717) is 12.3 Å². The summed E-state index contributed by atoms with van der Waals surface area (Å²) in [7, 11) is 0. The molecule has 4 saturated heterocycles. The third-order valence-corrected chi connectivity index (χ3v) is 6.58. The maximum atomic E-state index is 12.9. The van der Waals surface area contributed by atoms with E-state index >= 15 is 0 Å². The van der Waals surface area contributed by atoms with Crippen molar-refractivity contribution in [1.29, 1.82) is 0 Å². The highest BCUT2D eigenvalue weighted by Crippen LogP contribution is 2.43. The van der Waals surface area contributed by atoms with E-state index in [0.717, 1.165) is 44.8 Å². The number of hydrogen-bond donors (Lipinski definition) is 1. The number of hydrogen-bond acceptors (Lipinski definition) is 4. The first-order valence-corrected chi connectivity index (χ1v) is 9.91. The van der Waals surface area contributed by atoms with Crippen LogP contribution >= 0.6 is 0 Å². The molecule has 4 aliphatic rings. The number of nitrogens with one attached hydrogen (secondary N) is 1. The Morgan fingerprint density at radius 3 is 2.37 bits per heavy atom. The molecule has 4 fully saturated rings. The Kier molecular flexibility index (Phi) is 4.21. The summed E-state index contributed by atoms with van der Waals surface area (Å²) in [4.78, 5) is 22.2. The van der Waals surface area contributed by atoms with Gasteiger partial charge < -0.3 is 15.1 Å². The van der Waals surface area contributed by atoms with Crippen molar-refractivity contribution in [3.8, 4) is 0 Å². The van der Waals surface area contributed by atoms with Gasteiger partial charge >= 0.3 is 0 Å². The van der Waals surface area contributed by atoms with Crippen LogP contribution in [0, 0.1) is 5.92 Å². The van der Waals surface area contributed by atoms with Gasteiger partial charge in [-0.05, 0) is 23.3 Å². The molecule has 0 aliphatic carbocycles. The molecule has 2 unspecified atom stereocenters. The summed E-state index contributed by atoms with van der Waals surface area (Å²) < 4.78 is 0. The molecule has 140 valence electrons. The zero-order valence-corrected chi connectivity index (χ0v) is 15.6. The molecule has 5 heterocycles. The van der Waals surface area contributed by atoms with Crippen LogP contribution in [0.1, 0.15) is 11.1 Å². The molecule has 1 N–H and O–H groups in total. The lowest BCUT2D eigenvalue weighted by molar-refractivity contribution is -0.123. The second-order valence-corrected chi connectivity index (χ2v) is 8.33. The van der Waals surface area contributed by atoms with Crippen molar-refractivity contribution in [2.75, 3.05) is 39.3 Å². The lowest BCUT2D eigenvalue weighted by Gasteiger charge is -2.55. The highest BCUT2D eigenvalue weighted by atomic mass is 16.1. The zero-order chi connectivity index (χ0) is 18.3. The molecular weight excluding hydrogens is 336 g/mol. The summed E-state index contributed by atoms with van der Waals surface area (Å²) in [6, 6.07) is 14.9. The Balaban J connectivity index is 1.45. The lowest BCUT2D eigenvalue weighted by atomic mass is 9.64. The van der Waals surface area contributed by atoms with Crippen LogP contribution in [0.25, 0.3) is 0 Å². The van der Waals surface area contributed by atoms with E-state index in [1.54, 1.807) is 12.4 Å². The smallest absolute Gasteiger partial charge is 0.224 e. The summed E-state index contributed by atoms with van der Waals surface area (Å²) >= 11 is 0. The van der Waals surface area contributed by atoms with Crippen molar-refractivity contribution in [2.24, 2.45) is 5.92 Å². The van der Waals surface area contributed by atoms with Gasteiger partial charge in [-0.1, -0.05) is 30.3 Å². The normalized spacial score (nSPS) is 34.2. The fourth-order valence-electron chi connectivity index (χ4n) is 5.48. The van der Waals surface area contributed by atoms with E-state index in [9.17, 15) is 4.79 Å². The molecule has 6 rings (SSSR count). The molecule has 4 aliphatic heterocycles. The third kappa shape index (κ3) is 3.05. The van der Waals surface area contributed by atoms with E-state index in [-0.39, 0.29) is 17.4 Å². The van der Waals surface area contributed by atoms with E-state index in [1.807, 2.05) is 12.1 Å². The predicted molar refractivity (Wildman–Crippen MR) is 104 cm³/mol. The number of pyridine rings is 1. The second kappa shape index (κ2) is 6.73. The monoisotopic (exact) mass is 362 g/mol. The van der Waals surface area contributed by atoms with Crippen LogP contribution in [-0.2, 0) is 16.6 Å². The molecule has 0 spiro atoms. The Morgan fingerprint density at radius 2 is 1.70 bits per heavy atom. The number of carbonyl (C=O) groups is 1. The lowest BCUT2D eigenvalue weighted by Crippen LogP contribution is -2.70. The maximum absolute atomic E-state index is 12.9. The molecule has 1 aromatic carbocycles. The van der Waals surface area contributed by atoms with Crippen molar-refractivity contribution in [2.45, 2.75) is 17.9 Å². The highest BCUT2D eigenvalue weighted by molar-refractivity contribution is 5.79. The molecule has 0 radical (unpaired) electrons. The van der Waals surface area contributed by atoms with Crippen LogP contribution in [0.15, 0.2) is 54.9 Å². The first-order chi connectivity index (χ1) is 13.2. The van der Waals surface area contributed by atoms with E-state index in [1.165, 1.54) is 5.56 Å². The average molecular weight is 362 g/mol. The largest absolute Gasteiger partial charge is 0.352 e. The minimum atomic E-state index is -0.0210. The predicted octanol–water partition coefficient (Wildman–Crippen LogP) is 1.31. The van der Waals surface area contributed by atoms with E-state index in [4.69, 9.17) is 0 Å². The molecule has 5 heteroatoms. The number of fused-ring (bicyclic) bond motifs is 1. The average Bonchev–Trinajstić information content (AvgIpc) is 2.94. The fourth-order valence-corrected chi connectivity index (χ4v) is 5.48. The zero-order valence-electron chi connectivity index (χ0n) is 15.6. The van der Waals surface area contributed by atoms with Gasteiger partial charge in [-0.15, -0.1) is 0 Å².